The third-order valence-corrected chi connectivity index (χ3v) is 10.6. The fourth-order valence-electron chi connectivity index (χ4n) is 8.45. The zero-order chi connectivity index (χ0) is 33.9. The van der Waals surface area contributed by atoms with Gasteiger partial charge in [-0.05, 0) is 142 Å². The number of hydrogen-bond donors (Lipinski definition) is 1. The second-order valence-electron chi connectivity index (χ2n) is 13.4. The second-order valence-corrected chi connectivity index (χ2v) is 13.4. The molecule has 0 aromatic heterocycles. The maximum atomic E-state index is 3.63. The third-order valence-electron chi connectivity index (χ3n) is 10.6. The van der Waals surface area contributed by atoms with Crippen LogP contribution in [0, 0.1) is 13.8 Å². The molecule has 1 aliphatic heterocycles. The molecule has 1 heterocycles. The van der Waals surface area contributed by atoms with E-state index in [9.17, 15) is 0 Å². The molecule has 0 amide bonds. The summed E-state index contributed by atoms with van der Waals surface area (Å²) in [6.07, 6.45) is 2.35. The molecule has 0 aliphatic carbocycles. The number of benzene rings is 9. The summed E-state index contributed by atoms with van der Waals surface area (Å²) in [5.74, 6) is 0. The Morgan fingerprint density at radius 3 is 1.60 bits per heavy atom. The maximum absolute atomic E-state index is 3.63. The summed E-state index contributed by atoms with van der Waals surface area (Å²) >= 11 is 0. The predicted octanol–water partition coefficient (Wildman–Crippen LogP) is 13.8. The van der Waals surface area contributed by atoms with Gasteiger partial charge in [-0.1, -0.05) is 135 Å². The van der Waals surface area contributed by atoms with Crippen LogP contribution in [0.2, 0.25) is 0 Å². The summed E-state index contributed by atoms with van der Waals surface area (Å²) in [7, 11) is 0. The number of rotatable bonds is 3. The highest BCUT2D eigenvalue weighted by Crippen LogP contribution is 2.47. The molecular formula is C49H39N. The molecule has 240 valence electrons. The average molecular weight is 642 g/mol. The van der Waals surface area contributed by atoms with E-state index in [0.29, 0.717) is 0 Å². The highest BCUT2D eigenvalue weighted by atomic mass is 14.9. The quantitative estimate of drug-likeness (QED) is 0.149. The number of aryl methyl sites for hydroxylation is 2. The smallest absolute Gasteiger partial charge is 0.0416 e. The van der Waals surface area contributed by atoms with Crippen LogP contribution in [0.4, 0.5) is 5.69 Å². The van der Waals surface area contributed by atoms with E-state index in [1.165, 1.54) is 110 Å². The number of fused-ring (bicyclic) bond motifs is 3. The largest absolute Gasteiger partial charge is 0.380 e. The molecule has 0 spiro atoms. The Kier molecular flexibility index (Phi) is 7.18. The Balaban J connectivity index is 0.00000165. The maximum Gasteiger partial charge on any atom is 0.0416 e. The monoisotopic (exact) mass is 641 g/mol. The van der Waals surface area contributed by atoms with E-state index in [4.69, 9.17) is 0 Å². The van der Waals surface area contributed by atoms with Gasteiger partial charge in [-0.2, -0.15) is 0 Å². The number of anilines is 1. The zero-order valence-corrected chi connectivity index (χ0v) is 29.1. The van der Waals surface area contributed by atoms with Crippen LogP contribution in [0.1, 0.15) is 36.1 Å². The van der Waals surface area contributed by atoms with Gasteiger partial charge in [0.05, 0.1) is 0 Å². The van der Waals surface area contributed by atoms with Gasteiger partial charge >= 0.3 is 0 Å². The molecule has 10 rings (SSSR count). The lowest BCUT2D eigenvalue weighted by Crippen LogP contribution is -2.10. The molecule has 0 fully saturated rings. The van der Waals surface area contributed by atoms with Crippen molar-refractivity contribution in [3.63, 3.8) is 0 Å². The van der Waals surface area contributed by atoms with Gasteiger partial charge in [0.2, 0.25) is 0 Å². The third kappa shape index (κ3) is 4.61. The van der Waals surface area contributed by atoms with Crippen molar-refractivity contribution in [3.8, 4) is 22.3 Å². The molecule has 1 heteroatoms. The number of hydrogen-bond acceptors (Lipinski definition) is 1. The van der Waals surface area contributed by atoms with Gasteiger partial charge in [0.1, 0.15) is 0 Å². The average Bonchev–Trinajstić information content (AvgIpc) is 3.17. The Labute approximate surface area is 293 Å². The minimum absolute atomic E-state index is 0.831. The van der Waals surface area contributed by atoms with E-state index in [1.54, 1.807) is 0 Å². The second kappa shape index (κ2) is 11.9. The summed E-state index contributed by atoms with van der Waals surface area (Å²) in [4.78, 5) is 0. The van der Waals surface area contributed by atoms with Crippen molar-refractivity contribution in [3.05, 3.63) is 162 Å². The van der Waals surface area contributed by atoms with Gasteiger partial charge in [-0.3, -0.25) is 0 Å². The molecule has 9 aromatic rings. The van der Waals surface area contributed by atoms with Crippen LogP contribution in [-0.4, -0.2) is 6.54 Å². The minimum Gasteiger partial charge on any atom is -0.380 e. The molecule has 1 aliphatic rings. The first-order valence-electron chi connectivity index (χ1n) is 17.9. The molecule has 0 unspecified atom stereocenters. The lowest BCUT2D eigenvalue weighted by Gasteiger charge is -2.23. The first-order chi connectivity index (χ1) is 24.6. The molecule has 0 atom stereocenters. The van der Waals surface area contributed by atoms with Crippen LogP contribution < -0.4 is 5.32 Å². The minimum atomic E-state index is 0.831. The van der Waals surface area contributed by atoms with E-state index in [1.807, 2.05) is 13.8 Å². The molecule has 0 bridgehead atoms. The van der Waals surface area contributed by atoms with Gasteiger partial charge < -0.3 is 5.32 Å². The van der Waals surface area contributed by atoms with Crippen LogP contribution in [0.5, 0.6) is 0 Å². The van der Waals surface area contributed by atoms with Crippen LogP contribution in [-0.2, 0) is 0 Å². The molecule has 1 N–H and O–H groups in total. The van der Waals surface area contributed by atoms with Crippen LogP contribution in [0.25, 0.3) is 87.8 Å². The normalized spacial score (nSPS) is 12.6. The molecule has 9 aromatic carbocycles. The van der Waals surface area contributed by atoms with Crippen LogP contribution in [0.15, 0.2) is 140 Å². The van der Waals surface area contributed by atoms with Gasteiger partial charge in [0, 0.05) is 12.2 Å². The standard InChI is InChI=1S/C47H33N.C2H6/c1-28-23-42(29(2)22-41(28)36-24-32-10-3-8-17-43(32)48-27-36)47-39-15-6-4-13-37(39)46(38-14-5-7-16-40(38)47)35-25-33-20-18-30-11-9-12-31-19-21-34(26-35)45(33)44(30)31;1-2/h3-26,48H,27H2,1-2H3;1-2H3. The van der Waals surface area contributed by atoms with Gasteiger partial charge in [0.15, 0.2) is 0 Å². The van der Waals surface area contributed by atoms with Crippen molar-refractivity contribution >= 4 is 71.2 Å². The first kappa shape index (κ1) is 30.2. The van der Waals surface area contributed by atoms with Crippen molar-refractivity contribution < 1.29 is 0 Å². The number of para-hydroxylation sites is 1. The van der Waals surface area contributed by atoms with Crippen LogP contribution in [0.3, 0.4) is 0 Å². The summed E-state index contributed by atoms with van der Waals surface area (Å²) in [6, 6.07) is 52.0. The highest BCUT2D eigenvalue weighted by molar-refractivity contribution is 6.26. The fourth-order valence-corrected chi connectivity index (χ4v) is 8.45. The van der Waals surface area contributed by atoms with E-state index < -0.39 is 0 Å². The lowest BCUT2D eigenvalue weighted by atomic mass is 9.82. The van der Waals surface area contributed by atoms with Gasteiger partial charge in [0.25, 0.3) is 0 Å². The first-order valence-corrected chi connectivity index (χ1v) is 17.9. The molecule has 0 saturated carbocycles. The van der Waals surface area contributed by atoms with Gasteiger partial charge in [-0.25, -0.2) is 0 Å². The van der Waals surface area contributed by atoms with Crippen molar-refractivity contribution in [2.45, 2.75) is 27.7 Å². The predicted molar refractivity (Wildman–Crippen MR) is 220 cm³/mol. The van der Waals surface area contributed by atoms with E-state index in [0.717, 1.165) is 6.54 Å². The van der Waals surface area contributed by atoms with E-state index in [2.05, 4.69) is 165 Å². The Morgan fingerprint density at radius 2 is 0.960 bits per heavy atom. The lowest BCUT2D eigenvalue weighted by molar-refractivity contribution is 1.28. The van der Waals surface area contributed by atoms with E-state index in [-0.39, 0.29) is 0 Å². The molecule has 1 nitrogen and oxygen atoms in total. The summed E-state index contributed by atoms with van der Waals surface area (Å²) in [6.45, 7) is 9.37. The van der Waals surface area contributed by atoms with Crippen molar-refractivity contribution in [2.24, 2.45) is 0 Å². The summed E-state index contributed by atoms with van der Waals surface area (Å²) in [5, 5.41) is 16.7. The van der Waals surface area contributed by atoms with E-state index >= 15 is 0 Å². The van der Waals surface area contributed by atoms with Crippen molar-refractivity contribution in [2.75, 3.05) is 11.9 Å². The molecular weight excluding hydrogens is 603 g/mol. The fraction of sp³-hybridized carbons (Fsp3) is 0.102. The Hall–Kier alpha value is -5.92. The van der Waals surface area contributed by atoms with Gasteiger partial charge in [-0.15, -0.1) is 0 Å². The highest BCUT2D eigenvalue weighted by Gasteiger charge is 2.21. The van der Waals surface area contributed by atoms with Crippen molar-refractivity contribution in [1.29, 1.82) is 0 Å². The van der Waals surface area contributed by atoms with Crippen molar-refractivity contribution in [1.82, 2.24) is 0 Å². The molecule has 0 radical (unpaired) electrons. The topological polar surface area (TPSA) is 12.0 Å². The summed E-state index contributed by atoms with van der Waals surface area (Å²) < 4.78 is 0. The Bertz CT molecular complexity index is 2680. The zero-order valence-electron chi connectivity index (χ0n) is 29.1. The number of nitrogens with one attached hydrogen (secondary N) is 1. The molecule has 0 saturated heterocycles. The summed E-state index contributed by atoms with van der Waals surface area (Å²) in [5.41, 5.74) is 12.9. The van der Waals surface area contributed by atoms with Crippen LogP contribution >= 0.6 is 0 Å². The SMILES string of the molecule is CC.Cc1cc(-c2c3ccccc3c(-c3cc4ccc5cccc6ccc(c3)c4c56)c3ccccc23)c(C)cc1C1=Cc2ccccc2NC1. The molecule has 50 heavy (non-hydrogen) atoms. The Morgan fingerprint density at radius 1 is 0.460 bits per heavy atom.